The van der Waals surface area contributed by atoms with Gasteiger partial charge < -0.3 is 16.2 Å². The molecule has 4 N–H and O–H groups in total. The number of carbonyl (C=O) groups is 1. The number of aliphatic hydroxyl groups is 1. The van der Waals surface area contributed by atoms with E-state index in [0.29, 0.717) is 0 Å². The van der Waals surface area contributed by atoms with E-state index in [1.54, 1.807) is 6.07 Å². The number of aliphatic hydroxyl groups excluding tert-OH is 1. The monoisotopic (exact) mass is 186 g/mol. The van der Waals surface area contributed by atoms with Crippen LogP contribution in [-0.4, -0.2) is 17.7 Å². The van der Waals surface area contributed by atoms with Crippen LogP contribution in [0.2, 0.25) is 0 Å². The summed E-state index contributed by atoms with van der Waals surface area (Å²) in [5, 5.41) is 15.4. The first-order valence-electron chi connectivity index (χ1n) is 3.43. The van der Waals surface area contributed by atoms with Crippen molar-refractivity contribution in [1.82, 2.24) is 5.32 Å². The van der Waals surface area contributed by atoms with Crippen LogP contribution in [0.5, 0.6) is 0 Å². The number of nitrogens with one attached hydrogen (secondary N) is 1. The number of primary amides is 1. The van der Waals surface area contributed by atoms with E-state index in [1.165, 1.54) is 11.3 Å². The Bertz CT molecular complexity index is 248. The van der Waals surface area contributed by atoms with Crippen LogP contribution in [0.4, 0.5) is 4.79 Å². The lowest BCUT2D eigenvalue weighted by molar-refractivity contribution is 0.175. The Labute approximate surface area is 74.0 Å². The second-order valence-electron chi connectivity index (χ2n) is 2.32. The molecule has 1 aromatic rings. The largest absolute Gasteiger partial charge is 0.387 e. The molecule has 0 radical (unpaired) electrons. The second kappa shape index (κ2) is 4.08. The van der Waals surface area contributed by atoms with Crippen LogP contribution in [0, 0.1) is 0 Å². The van der Waals surface area contributed by atoms with E-state index in [0.717, 1.165) is 5.56 Å². The summed E-state index contributed by atoms with van der Waals surface area (Å²) in [6, 6.07) is 1.18. The van der Waals surface area contributed by atoms with Crippen LogP contribution >= 0.6 is 11.3 Å². The zero-order valence-electron chi connectivity index (χ0n) is 6.36. The molecule has 0 aliphatic heterocycles. The Morgan fingerprint density at radius 3 is 3.08 bits per heavy atom. The number of hydrogen-bond donors (Lipinski definition) is 3. The highest BCUT2D eigenvalue weighted by Gasteiger charge is 2.07. The molecule has 0 aromatic carbocycles. The van der Waals surface area contributed by atoms with Gasteiger partial charge in [-0.25, -0.2) is 4.79 Å². The molecule has 66 valence electrons. The van der Waals surface area contributed by atoms with E-state index in [-0.39, 0.29) is 6.54 Å². The number of urea groups is 1. The Morgan fingerprint density at radius 2 is 2.58 bits per heavy atom. The lowest BCUT2D eigenvalue weighted by Crippen LogP contribution is -2.32. The number of nitrogens with two attached hydrogens (primary N) is 1. The van der Waals surface area contributed by atoms with E-state index in [4.69, 9.17) is 5.73 Å². The maximum Gasteiger partial charge on any atom is 0.312 e. The third-order valence-electron chi connectivity index (χ3n) is 1.40. The van der Waals surface area contributed by atoms with Crippen LogP contribution in [0.25, 0.3) is 0 Å². The fourth-order valence-electron chi connectivity index (χ4n) is 0.780. The van der Waals surface area contributed by atoms with Gasteiger partial charge in [-0.3, -0.25) is 0 Å². The highest BCUT2D eigenvalue weighted by molar-refractivity contribution is 7.07. The number of rotatable bonds is 3. The minimum Gasteiger partial charge on any atom is -0.387 e. The van der Waals surface area contributed by atoms with Gasteiger partial charge in [0, 0.05) is 6.54 Å². The molecule has 1 aromatic heterocycles. The lowest BCUT2D eigenvalue weighted by atomic mass is 10.2. The van der Waals surface area contributed by atoms with E-state index in [1.807, 2.05) is 10.8 Å². The predicted molar refractivity (Wildman–Crippen MR) is 46.9 cm³/mol. The second-order valence-corrected chi connectivity index (χ2v) is 3.10. The molecule has 0 aliphatic rings. The molecule has 2 amide bonds. The van der Waals surface area contributed by atoms with Crippen molar-refractivity contribution in [1.29, 1.82) is 0 Å². The average Bonchev–Trinajstić information content (AvgIpc) is 2.51. The van der Waals surface area contributed by atoms with Crippen LogP contribution < -0.4 is 11.1 Å². The quantitative estimate of drug-likeness (QED) is 0.641. The lowest BCUT2D eigenvalue weighted by Gasteiger charge is -2.07. The normalized spacial score (nSPS) is 12.4. The van der Waals surface area contributed by atoms with Crippen molar-refractivity contribution in [2.24, 2.45) is 5.73 Å². The van der Waals surface area contributed by atoms with E-state index in [2.05, 4.69) is 5.32 Å². The highest BCUT2D eigenvalue weighted by atomic mass is 32.1. The molecule has 0 bridgehead atoms. The smallest absolute Gasteiger partial charge is 0.312 e. The molecule has 0 saturated carbocycles. The number of thiophene rings is 1. The molecule has 0 fully saturated rings. The summed E-state index contributed by atoms with van der Waals surface area (Å²) in [4.78, 5) is 10.3. The van der Waals surface area contributed by atoms with Crippen molar-refractivity contribution in [3.8, 4) is 0 Å². The first-order valence-corrected chi connectivity index (χ1v) is 4.38. The topological polar surface area (TPSA) is 75.4 Å². The fourth-order valence-corrected chi connectivity index (χ4v) is 1.49. The molecular formula is C7H10N2O2S. The van der Waals surface area contributed by atoms with Crippen LogP contribution in [0.15, 0.2) is 16.8 Å². The highest BCUT2D eigenvalue weighted by Crippen LogP contribution is 2.14. The van der Waals surface area contributed by atoms with Gasteiger partial charge in [0.2, 0.25) is 0 Å². The first kappa shape index (κ1) is 9.02. The molecular weight excluding hydrogens is 176 g/mol. The van der Waals surface area contributed by atoms with Gasteiger partial charge in [-0.1, -0.05) is 0 Å². The first-order chi connectivity index (χ1) is 5.70. The van der Waals surface area contributed by atoms with Crippen molar-refractivity contribution in [2.45, 2.75) is 6.10 Å². The molecule has 1 atom stereocenters. The van der Waals surface area contributed by atoms with Gasteiger partial charge in [0.15, 0.2) is 0 Å². The summed E-state index contributed by atoms with van der Waals surface area (Å²) >= 11 is 1.50. The SMILES string of the molecule is NC(=O)NCC(O)c1ccsc1. The van der Waals surface area contributed by atoms with Gasteiger partial charge in [-0.2, -0.15) is 11.3 Å². The third-order valence-corrected chi connectivity index (χ3v) is 2.10. The summed E-state index contributed by atoms with van der Waals surface area (Å²) in [5.74, 6) is 0. The summed E-state index contributed by atoms with van der Waals surface area (Å²) < 4.78 is 0. The van der Waals surface area contributed by atoms with Crippen molar-refractivity contribution >= 4 is 17.4 Å². The summed E-state index contributed by atoms with van der Waals surface area (Å²) in [5.41, 5.74) is 5.64. The van der Waals surface area contributed by atoms with Gasteiger partial charge in [-0.15, -0.1) is 0 Å². The van der Waals surface area contributed by atoms with Gasteiger partial charge in [0.1, 0.15) is 0 Å². The predicted octanol–water partition coefficient (Wildman–Crippen LogP) is 0.450. The van der Waals surface area contributed by atoms with E-state index < -0.39 is 12.1 Å². The van der Waals surface area contributed by atoms with Crippen molar-refractivity contribution in [2.75, 3.05) is 6.54 Å². The molecule has 1 heterocycles. The third kappa shape index (κ3) is 2.52. The minimum absolute atomic E-state index is 0.159. The molecule has 12 heavy (non-hydrogen) atoms. The van der Waals surface area contributed by atoms with Gasteiger partial charge in [-0.05, 0) is 22.4 Å². The Morgan fingerprint density at radius 1 is 1.83 bits per heavy atom. The van der Waals surface area contributed by atoms with Crippen LogP contribution in [-0.2, 0) is 0 Å². The number of carbonyl (C=O) groups excluding carboxylic acids is 1. The molecule has 0 saturated heterocycles. The number of amides is 2. The standard InChI is InChI=1S/C7H10N2O2S/c8-7(11)9-3-6(10)5-1-2-12-4-5/h1-2,4,6,10H,3H2,(H3,8,9,11). The van der Waals surface area contributed by atoms with Gasteiger partial charge in [0.05, 0.1) is 6.10 Å². The summed E-state index contributed by atoms with van der Waals surface area (Å²) in [6.07, 6.45) is -0.663. The Balaban J connectivity index is 2.39. The van der Waals surface area contributed by atoms with E-state index in [9.17, 15) is 9.90 Å². The van der Waals surface area contributed by atoms with E-state index >= 15 is 0 Å². The average molecular weight is 186 g/mol. The zero-order chi connectivity index (χ0) is 8.97. The van der Waals surface area contributed by atoms with Gasteiger partial charge >= 0.3 is 6.03 Å². The number of hydrogen-bond acceptors (Lipinski definition) is 3. The Hall–Kier alpha value is -1.07. The molecule has 1 unspecified atom stereocenters. The minimum atomic E-state index is -0.663. The molecule has 0 aliphatic carbocycles. The maximum atomic E-state index is 10.3. The maximum absolute atomic E-state index is 10.3. The molecule has 4 nitrogen and oxygen atoms in total. The zero-order valence-corrected chi connectivity index (χ0v) is 7.17. The van der Waals surface area contributed by atoms with Crippen LogP contribution in [0.1, 0.15) is 11.7 Å². The van der Waals surface area contributed by atoms with Crippen LogP contribution in [0.3, 0.4) is 0 Å². The molecule has 5 heteroatoms. The summed E-state index contributed by atoms with van der Waals surface area (Å²) in [6.45, 7) is 0.159. The molecule has 0 spiro atoms. The van der Waals surface area contributed by atoms with Crippen molar-refractivity contribution < 1.29 is 9.90 Å². The van der Waals surface area contributed by atoms with Crippen molar-refractivity contribution in [3.05, 3.63) is 22.4 Å². The summed E-state index contributed by atoms with van der Waals surface area (Å²) in [7, 11) is 0. The molecule has 1 rings (SSSR count). The fraction of sp³-hybridized carbons (Fsp3) is 0.286. The van der Waals surface area contributed by atoms with Gasteiger partial charge in [0.25, 0.3) is 0 Å². The Kier molecular flexibility index (Phi) is 3.07. The van der Waals surface area contributed by atoms with Crippen molar-refractivity contribution in [3.63, 3.8) is 0 Å².